The van der Waals surface area contributed by atoms with Crippen molar-refractivity contribution in [1.29, 1.82) is 0 Å². The van der Waals surface area contributed by atoms with Gasteiger partial charge in [-0.25, -0.2) is 4.98 Å². The predicted molar refractivity (Wildman–Crippen MR) is 120 cm³/mol. The lowest BCUT2D eigenvalue weighted by Gasteiger charge is -2.31. The summed E-state index contributed by atoms with van der Waals surface area (Å²) in [7, 11) is 1.57. The van der Waals surface area contributed by atoms with Gasteiger partial charge in [0.25, 0.3) is 0 Å². The van der Waals surface area contributed by atoms with Crippen molar-refractivity contribution < 1.29 is 19.0 Å². The van der Waals surface area contributed by atoms with Gasteiger partial charge in [0.2, 0.25) is 18.1 Å². The zero-order valence-electron chi connectivity index (χ0n) is 18.0. The molecule has 2 aromatic heterocycles. The molecule has 166 valence electrons. The van der Waals surface area contributed by atoms with Crippen molar-refractivity contribution in [1.82, 2.24) is 14.9 Å². The Morgan fingerprint density at radius 3 is 2.59 bits per heavy atom. The molecule has 1 aromatic carbocycles. The summed E-state index contributed by atoms with van der Waals surface area (Å²) in [5.74, 6) is 2.11. The van der Waals surface area contributed by atoms with Gasteiger partial charge >= 0.3 is 0 Å². The highest BCUT2D eigenvalue weighted by atomic mass is 16.7. The lowest BCUT2D eigenvalue weighted by Crippen LogP contribution is -2.40. The molecule has 8 heteroatoms. The molecule has 0 radical (unpaired) electrons. The number of amides is 1. The number of nitrogens with zero attached hydrogens (tertiary/aromatic N) is 3. The van der Waals surface area contributed by atoms with E-state index in [1.165, 1.54) is 0 Å². The maximum atomic E-state index is 12.9. The zero-order chi connectivity index (χ0) is 21.9. The summed E-state index contributed by atoms with van der Waals surface area (Å²) < 4.78 is 16.9. The number of fused-ring (bicyclic) bond motifs is 2. The standard InChI is InChI=1S/C24H26N4O4/c1-30-21-7-6-17-23(27-21)18(8-12-25-17)26-24(29)16-9-13-28(14-10-16)15-11-22-31-19-4-2-3-5-20(19)32-22/h2-8,12,16,22H,9-11,13-15H2,1H3,(H,25,26,29). The number of methoxy groups -OCH3 is 1. The van der Waals surface area contributed by atoms with E-state index in [1.807, 2.05) is 30.3 Å². The molecule has 2 aliphatic rings. The van der Waals surface area contributed by atoms with Crippen LogP contribution in [0.4, 0.5) is 5.69 Å². The number of para-hydroxylation sites is 2. The second-order valence-corrected chi connectivity index (χ2v) is 8.09. The molecule has 1 fully saturated rings. The van der Waals surface area contributed by atoms with Crippen LogP contribution in [-0.4, -0.2) is 53.8 Å². The van der Waals surface area contributed by atoms with Crippen LogP contribution in [0, 0.1) is 5.92 Å². The number of aromatic nitrogens is 2. The summed E-state index contributed by atoms with van der Waals surface area (Å²) >= 11 is 0. The average Bonchev–Trinajstić information content (AvgIpc) is 3.26. The summed E-state index contributed by atoms with van der Waals surface area (Å²) in [4.78, 5) is 24.1. The van der Waals surface area contributed by atoms with Crippen LogP contribution >= 0.6 is 0 Å². The van der Waals surface area contributed by atoms with Crippen LogP contribution in [0.5, 0.6) is 17.4 Å². The number of rotatable bonds is 6. The largest absolute Gasteiger partial charge is 0.481 e. The molecule has 0 atom stereocenters. The number of likely N-dealkylation sites (tertiary alicyclic amines) is 1. The summed E-state index contributed by atoms with van der Waals surface area (Å²) in [5.41, 5.74) is 2.02. The van der Waals surface area contributed by atoms with Crippen LogP contribution in [-0.2, 0) is 4.79 Å². The minimum atomic E-state index is -0.238. The summed E-state index contributed by atoms with van der Waals surface area (Å²) in [6.07, 6.45) is 3.87. The van der Waals surface area contributed by atoms with Crippen LogP contribution in [0.15, 0.2) is 48.7 Å². The van der Waals surface area contributed by atoms with Crippen LogP contribution in [0.25, 0.3) is 11.0 Å². The Kier molecular flexibility index (Phi) is 5.77. The second kappa shape index (κ2) is 9.00. The molecule has 1 amide bonds. The Hall–Kier alpha value is -3.39. The van der Waals surface area contributed by atoms with Crippen molar-refractivity contribution in [2.24, 2.45) is 5.92 Å². The van der Waals surface area contributed by atoms with Gasteiger partial charge in [0, 0.05) is 31.1 Å². The summed E-state index contributed by atoms with van der Waals surface area (Å²) in [5, 5.41) is 3.05. The first kappa shape index (κ1) is 20.5. The molecular weight excluding hydrogens is 408 g/mol. The van der Waals surface area contributed by atoms with Gasteiger partial charge in [-0.15, -0.1) is 0 Å². The highest BCUT2D eigenvalue weighted by Crippen LogP contribution is 2.35. The Labute approximate surface area is 186 Å². The summed E-state index contributed by atoms with van der Waals surface area (Å²) in [6.45, 7) is 2.63. The van der Waals surface area contributed by atoms with Gasteiger partial charge < -0.3 is 24.4 Å². The fourth-order valence-corrected chi connectivity index (χ4v) is 4.23. The first-order valence-corrected chi connectivity index (χ1v) is 10.9. The van der Waals surface area contributed by atoms with Crippen molar-refractivity contribution in [3.63, 3.8) is 0 Å². The highest BCUT2D eigenvalue weighted by Gasteiger charge is 2.28. The SMILES string of the molecule is COc1ccc2nccc(NC(=O)C3CCN(CCC4Oc5ccccc5O4)CC3)c2n1. The number of benzene rings is 1. The number of hydrogen-bond acceptors (Lipinski definition) is 7. The fraction of sp³-hybridized carbons (Fsp3) is 0.375. The lowest BCUT2D eigenvalue weighted by molar-refractivity contribution is -0.121. The number of piperidine rings is 1. The number of ether oxygens (including phenoxy) is 3. The van der Waals surface area contributed by atoms with E-state index in [0.29, 0.717) is 17.1 Å². The third-order valence-corrected chi connectivity index (χ3v) is 6.03. The number of hydrogen-bond donors (Lipinski definition) is 1. The quantitative estimate of drug-likeness (QED) is 0.636. The van der Waals surface area contributed by atoms with Gasteiger partial charge in [-0.05, 0) is 50.2 Å². The van der Waals surface area contributed by atoms with E-state index in [9.17, 15) is 4.79 Å². The molecule has 0 bridgehead atoms. The molecule has 0 aliphatic carbocycles. The first-order valence-electron chi connectivity index (χ1n) is 10.9. The molecule has 5 rings (SSSR count). The number of carbonyl (C=O) groups is 1. The maximum Gasteiger partial charge on any atom is 0.242 e. The maximum absolute atomic E-state index is 12.9. The average molecular weight is 434 g/mol. The van der Waals surface area contributed by atoms with E-state index >= 15 is 0 Å². The van der Waals surface area contributed by atoms with Crippen LogP contribution in [0.3, 0.4) is 0 Å². The first-order chi connectivity index (χ1) is 15.7. The van der Waals surface area contributed by atoms with Crippen molar-refractivity contribution in [3.8, 4) is 17.4 Å². The van der Waals surface area contributed by atoms with E-state index in [0.717, 1.165) is 55.9 Å². The molecule has 4 heterocycles. The van der Waals surface area contributed by atoms with Crippen molar-refractivity contribution in [2.75, 3.05) is 32.1 Å². The smallest absolute Gasteiger partial charge is 0.242 e. The minimum Gasteiger partial charge on any atom is -0.481 e. The Morgan fingerprint density at radius 1 is 1.12 bits per heavy atom. The monoisotopic (exact) mass is 434 g/mol. The Balaban J connectivity index is 1.12. The van der Waals surface area contributed by atoms with Crippen molar-refractivity contribution >= 4 is 22.6 Å². The Bertz CT molecular complexity index is 1090. The Morgan fingerprint density at radius 2 is 1.88 bits per heavy atom. The third-order valence-electron chi connectivity index (χ3n) is 6.03. The van der Waals surface area contributed by atoms with Crippen LogP contribution in [0.2, 0.25) is 0 Å². The number of anilines is 1. The van der Waals surface area contributed by atoms with Gasteiger partial charge in [0.05, 0.1) is 18.3 Å². The highest BCUT2D eigenvalue weighted by molar-refractivity contribution is 6.00. The molecule has 1 N–H and O–H groups in total. The van der Waals surface area contributed by atoms with Crippen molar-refractivity contribution in [2.45, 2.75) is 25.6 Å². The molecule has 2 aliphatic heterocycles. The molecular formula is C24H26N4O4. The van der Waals surface area contributed by atoms with Gasteiger partial charge in [-0.3, -0.25) is 9.78 Å². The molecule has 1 saturated heterocycles. The minimum absolute atomic E-state index is 0.0247. The molecule has 0 unspecified atom stereocenters. The zero-order valence-corrected chi connectivity index (χ0v) is 18.0. The fourth-order valence-electron chi connectivity index (χ4n) is 4.23. The van der Waals surface area contributed by atoms with E-state index in [1.54, 1.807) is 25.4 Å². The lowest BCUT2D eigenvalue weighted by atomic mass is 9.95. The molecule has 3 aromatic rings. The van der Waals surface area contributed by atoms with Gasteiger partial charge in [0.1, 0.15) is 5.52 Å². The van der Waals surface area contributed by atoms with Crippen molar-refractivity contribution in [3.05, 3.63) is 48.7 Å². The van der Waals surface area contributed by atoms with E-state index in [2.05, 4.69) is 20.2 Å². The van der Waals surface area contributed by atoms with Gasteiger partial charge in [-0.1, -0.05) is 12.1 Å². The predicted octanol–water partition coefficient (Wildman–Crippen LogP) is 3.48. The molecule has 0 spiro atoms. The normalized spacial score (nSPS) is 16.9. The number of carbonyl (C=O) groups excluding carboxylic acids is 1. The van der Waals surface area contributed by atoms with Crippen LogP contribution in [0.1, 0.15) is 19.3 Å². The molecule has 32 heavy (non-hydrogen) atoms. The number of pyridine rings is 2. The molecule has 0 saturated carbocycles. The summed E-state index contributed by atoms with van der Waals surface area (Å²) in [6, 6.07) is 13.1. The third kappa shape index (κ3) is 4.31. The number of nitrogens with one attached hydrogen (secondary N) is 1. The van der Waals surface area contributed by atoms with E-state index in [-0.39, 0.29) is 18.1 Å². The van der Waals surface area contributed by atoms with Crippen LogP contribution < -0.4 is 19.5 Å². The van der Waals surface area contributed by atoms with Gasteiger partial charge in [0.15, 0.2) is 11.5 Å². The topological polar surface area (TPSA) is 85.8 Å². The molecule has 8 nitrogen and oxygen atoms in total. The van der Waals surface area contributed by atoms with E-state index in [4.69, 9.17) is 14.2 Å². The van der Waals surface area contributed by atoms with E-state index < -0.39 is 0 Å². The van der Waals surface area contributed by atoms with Gasteiger partial charge in [-0.2, -0.15) is 0 Å². The second-order valence-electron chi connectivity index (χ2n) is 8.09.